The van der Waals surface area contributed by atoms with E-state index in [1.165, 1.54) is 11.1 Å². The number of benzene rings is 1. The molecule has 1 unspecified atom stereocenters. The summed E-state index contributed by atoms with van der Waals surface area (Å²) < 4.78 is 0. The van der Waals surface area contributed by atoms with Crippen LogP contribution in [0.4, 0.5) is 0 Å². The van der Waals surface area contributed by atoms with Gasteiger partial charge in [0.05, 0.1) is 19.1 Å². The third-order valence-electron chi connectivity index (χ3n) is 3.58. The van der Waals surface area contributed by atoms with E-state index in [1.54, 1.807) is 0 Å². The second-order valence-corrected chi connectivity index (χ2v) is 4.94. The molecule has 18 heavy (non-hydrogen) atoms. The number of rotatable bonds is 3. The maximum atomic E-state index is 11.2. The monoisotopic (exact) mass is 239 g/mol. The summed E-state index contributed by atoms with van der Waals surface area (Å²) in [7, 11) is 0. The first kappa shape index (κ1) is 11.4. The maximum Gasteiger partial charge on any atom is 0.160 e. The summed E-state index contributed by atoms with van der Waals surface area (Å²) in [5.41, 5.74) is 2.61. The Kier molecular flexibility index (Phi) is 3.11. The highest BCUT2D eigenvalue weighted by Gasteiger charge is 2.32. The predicted molar refractivity (Wildman–Crippen MR) is 72.2 cm³/mol. The van der Waals surface area contributed by atoms with Crippen molar-refractivity contribution in [3.8, 4) is 0 Å². The molecule has 92 valence electrons. The van der Waals surface area contributed by atoms with Crippen LogP contribution in [0.2, 0.25) is 0 Å². The SMILES string of the molecule is O=C1CN(C(C2=CCCC=C2)c2ccccc2)C1. The van der Waals surface area contributed by atoms with Gasteiger partial charge in [-0.3, -0.25) is 9.69 Å². The Balaban J connectivity index is 1.91. The summed E-state index contributed by atoms with van der Waals surface area (Å²) in [6.45, 7) is 1.18. The van der Waals surface area contributed by atoms with Gasteiger partial charge in [-0.25, -0.2) is 0 Å². The summed E-state index contributed by atoms with van der Waals surface area (Å²) in [5.74, 6) is 0.344. The summed E-state index contributed by atoms with van der Waals surface area (Å²) >= 11 is 0. The molecule has 2 nitrogen and oxygen atoms in total. The summed E-state index contributed by atoms with van der Waals surface area (Å²) in [4.78, 5) is 13.5. The van der Waals surface area contributed by atoms with Gasteiger partial charge in [0.15, 0.2) is 5.78 Å². The first-order valence-corrected chi connectivity index (χ1v) is 6.52. The zero-order chi connectivity index (χ0) is 12.4. The molecular formula is C16H17NO. The fourth-order valence-electron chi connectivity index (χ4n) is 2.68. The van der Waals surface area contributed by atoms with Gasteiger partial charge >= 0.3 is 0 Å². The van der Waals surface area contributed by atoms with Gasteiger partial charge in [0.25, 0.3) is 0 Å². The molecule has 1 heterocycles. The number of hydrogen-bond acceptors (Lipinski definition) is 2. The Morgan fingerprint density at radius 1 is 1.06 bits per heavy atom. The van der Waals surface area contributed by atoms with Gasteiger partial charge < -0.3 is 0 Å². The number of hydrogen-bond donors (Lipinski definition) is 0. The minimum absolute atomic E-state index is 0.250. The van der Waals surface area contributed by atoms with Crippen molar-refractivity contribution in [1.82, 2.24) is 4.90 Å². The fraction of sp³-hybridized carbons (Fsp3) is 0.312. The van der Waals surface area contributed by atoms with Crippen LogP contribution in [0.25, 0.3) is 0 Å². The van der Waals surface area contributed by atoms with Crippen molar-refractivity contribution < 1.29 is 4.79 Å². The van der Waals surface area contributed by atoms with Crippen molar-refractivity contribution in [3.05, 3.63) is 59.7 Å². The zero-order valence-corrected chi connectivity index (χ0v) is 10.4. The van der Waals surface area contributed by atoms with Crippen molar-refractivity contribution >= 4 is 5.78 Å². The fourth-order valence-corrected chi connectivity index (χ4v) is 2.68. The topological polar surface area (TPSA) is 20.3 Å². The van der Waals surface area contributed by atoms with Gasteiger partial charge in [0, 0.05) is 0 Å². The molecule has 1 aromatic carbocycles. The summed E-state index contributed by atoms with van der Waals surface area (Å²) in [6, 6.07) is 10.7. The van der Waals surface area contributed by atoms with Crippen molar-refractivity contribution in [2.75, 3.05) is 13.1 Å². The molecule has 1 aliphatic carbocycles. The van der Waals surface area contributed by atoms with E-state index in [-0.39, 0.29) is 6.04 Å². The maximum absolute atomic E-state index is 11.2. The molecule has 0 amide bonds. The number of nitrogens with zero attached hydrogens (tertiary/aromatic N) is 1. The highest BCUT2D eigenvalue weighted by Crippen LogP contribution is 2.33. The second-order valence-electron chi connectivity index (χ2n) is 4.94. The van der Waals surface area contributed by atoms with E-state index in [0.717, 1.165) is 12.8 Å². The van der Waals surface area contributed by atoms with Gasteiger partial charge in [0.2, 0.25) is 0 Å². The Morgan fingerprint density at radius 3 is 2.44 bits per heavy atom. The molecule has 0 bridgehead atoms. The number of ketones is 1. The molecule has 2 aliphatic rings. The number of carbonyl (C=O) groups excluding carboxylic acids is 1. The Bertz CT molecular complexity index is 493. The van der Waals surface area contributed by atoms with E-state index in [0.29, 0.717) is 18.9 Å². The lowest BCUT2D eigenvalue weighted by molar-refractivity contribution is -0.130. The number of Topliss-reactive ketones (excluding diaryl/α,β-unsaturated/α-hetero) is 1. The lowest BCUT2D eigenvalue weighted by Crippen LogP contribution is -2.49. The van der Waals surface area contributed by atoms with Gasteiger partial charge in [-0.05, 0) is 24.0 Å². The van der Waals surface area contributed by atoms with Crippen LogP contribution in [0.3, 0.4) is 0 Å². The van der Waals surface area contributed by atoms with E-state index in [4.69, 9.17) is 0 Å². The average molecular weight is 239 g/mol. The van der Waals surface area contributed by atoms with Gasteiger partial charge in [-0.2, -0.15) is 0 Å². The largest absolute Gasteiger partial charge is 0.297 e. The summed E-state index contributed by atoms with van der Waals surface area (Å²) in [5, 5.41) is 0. The van der Waals surface area contributed by atoms with Crippen LogP contribution >= 0.6 is 0 Å². The van der Waals surface area contributed by atoms with E-state index >= 15 is 0 Å². The molecular weight excluding hydrogens is 222 g/mol. The molecule has 0 spiro atoms. The van der Waals surface area contributed by atoms with Crippen LogP contribution in [0, 0.1) is 0 Å². The zero-order valence-electron chi connectivity index (χ0n) is 10.4. The normalized spacial score (nSPS) is 21.3. The molecule has 1 aromatic rings. The first-order valence-electron chi connectivity index (χ1n) is 6.52. The van der Waals surface area contributed by atoms with Crippen molar-refractivity contribution in [1.29, 1.82) is 0 Å². The molecule has 1 aliphatic heterocycles. The first-order chi connectivity index (χ1) is 8.84. The van der Waals surface area contributed by atoms with Crippen LogP contribution in [0.5, 0.6) is 0 Å². The van der Waals surface area contributed by atoms with E-state index in [1.807, 2.05) is 6.07 Å². The van der Waals surface area contributed by atoms with E-state index < -0.39 is 0 Å². The molecule has 0 N–H and O–H groups in total. The number of likely N-dealkylation sites (tertiary alicyclic amines) is 1. The Labute approximate surface area is 108 Å². The minimum Gasteiger partial charge on any atom is -0.297 e. The summed E-state index contributed by atoms with van der Waals surface area (Å²) in [6.07, 6.45) is 8.98. The Hall–Kier alpha value is -1.67. The highest BCUT2D eigenvalue weighted by atomic mass is 16.1. The third-order valence-corrected chi connectivity index (χ3v) is 3.58. The van der Waals surface area contributed by atoms with E-state index in [2.05, 4.69) is 47.4 Å². The van der Waals surface area contributed by atoms with Crippen molar-refractivity contribution in [2.24, 2.45) is 0 Å². The molecule has 1 fully saturated rings. The van der Waals surface area contributed by atoms with Crippen LogP contribution in [0.1, 0.15) is 24.4 Å². The molecule has 0 aromatic heterocycles. The molecule has 2 heteroatoms. The molecule has 1 atom stereocenters. The molecule has 1 saturated heterocycles. The van der Waals surface area contributed by atoms with Crippen LogP contribution in [-0.2, 0) is 4.79 Å². The average Bonchev–Trinajstić information content (AvgIpc) is 2.40. The van der Waals surface area contributed by atoms with Crippen molar-refractivity contribution in [2.45, 2.75) is 18.9 Å². The lowest BCUT2D eigenvalue weighted by atomic mass is 9.91. The van der Waals surface area contributed by atoms with Crippen LogP contribution < -0.4 is 0 Å². The van der Waals surface area contributed by atoms with Crippen LogP contribution in [0.15, 0.2) is 54.1 Å². The Morgan fingerprint density at radius 2 is 1.83 bits per heavy atom. The molecule has 0 radical (unpaired) electrons. The van der Waals surface area contributed by atoms with Gasteiger partial charge in [0.1, 0.15) is 0 Å². The smallest absolute Gasteiger partial charge is 0.160 e. The molecule has 0 saturated carbocycles. The molecule has 3 rings (SSSR count). The lowest BCUT2D eigenvalue weighted by Gasteiger charge is -2.38. The minimum atomic E-state index is 0.250. The van der Waals surface area contributed by atoms with Crippen LogP contribution in [-0.4, -0.2) is 23.8 Å². The second kappa shape index (κ2) is 4.91. The number of allylic oxidation sites excluding steroid dienone is 2. The van der Waals surface area contributed by atoms with Gasteiger partial charge in [-0.1, -0.05) is 48.6 Å². The highest BCUT2D eigenvalue weighted by molar-refractivity contribution is 5.88. The quantitative estimate of drug-likeness (QED) is 0.808. The van der Waals surface area contributed by atoms with Gasteiger partial charge in [-0.15, -0.1) is 0 Å². The third kappa shape index (κ3) is 2.16. The standard InChI is InChI=1S/C16H17NO/c18-15-11-17(12-15)16(13-7-3-1-4-8-13)14-9-5-2-6-10-14/h1,3-5,7-10,16H,2,6,11-12H2. The number of carbonyl (C=O) groups is 1. The predicted octanol–water partition coefficient (Wildman–Crippen LogP) is 2.89. The van der Waals surface area contributed by atoms with Crippen molar-refractivity contribution in [3.63, 3.8) is 0 Å². The van der Waals surface area contributed by atoms with E-state index in [9.17, 15) is 4.79 Å².